The normalized spacial score (nSPS) is 13.3. The lowest BCUT2D eigenvalue weighted by Gasteiger charge is -2.27. The minimum atomic E-state index is -0.0543. The van der Waals surface area contributed by atoms with Gasteiger partial charge in [-0.3, -0.25) is 0 Å². The fourth-order valence-corrected chi connectivity index (χ4v) is 1.05. The van der Waals surface area contributed by atoms with Crippen LogP contribution in [-0.4, -0.2) is 24.4 Å². The van der Waals surface area contributed by atoms with E-state index in [1.54, 1.807) is 0 Å². The molecule has 2 heteroatoms. The number of hydrogen-bond acceptors (Lipinski definition) is 2. The Bertz CT molecular complexity index is 145. The molecular formula is C12H26O2. The maximum absolute atomic E-state index is 5.71. The Hall–Kier alpha value is -0.0800. The zero-order chi connectivity index (χ0) is 11.2. The Balaban J connectivity index is 3.65. The van der Waals surface area contributed by atoms with Gasteiger partial charge in [0, 0.05) is 13.2 Å². The van der Waals surface area contributed by atoms with Gasteiger partial charge >= 0.3 is 0 Å². The summed E-state index contributed by atoms with van der Waals surface area (Å²) in [5.74, 6) is 0. The van der Waals surface area contributed by atoms with E-state index in [9.17, 15) is 0 Å². The fraction of sp³-hybridized carbons (Fsp3) is 1.00. The summed E-state index contributed by atoms with van der Waals surface area (Å²) in [7, 11) is 0. The van der Waals surface area contributed by atoms with E-state index >= 15 is 0 Å². The minimum absolute atomic E-state index is 0.0408. The quantitative estimate of drug-likeness (QED) is 0.657. The molecule has 0 amide bonds. The zero-order valence-electron chi connectivity index (χ0n) is 10.6. The van der Waals surface area contributed by atoms with Gasteiger partial charge in [0.1, 0.15) is 0 Å². The van der Waals surface area contributed by atoms with Gasteiger partial charge in [-0.1, -0.05) is 6.92 Å². The Morgan fingerprint density at radius 3 is 1.86 bits per heavy atom. The van der Waals surface area contributed by atoms with Crippen LogP contribution in [0.4, 0.5) is 0 Å². The standard InChI is InChI=1S/C12H26O2/c1-7-9-14-12(5,6)8-10-13-11(2,3)4/h7-10H2,1-6H3. The molecule has 0 aliphatic rings. The van der Waals surface area contributed by atoms with Crippen molar-refractivity contribution in [3.8, 4) is 0 Å². The molecule has 0 radical (unpaired) electrons. The smallest absolute Gasteiger partial charge is 0.0648 e. The number of hydrogen-bond donors (Lipinski definition) is 0. The van der Waals surface area contributed by atoms with E-state index in [0.717, 1.165) is 26.1 Å². The highest BCUT2D eigenvalue weighted by molar-refractivity contribution is 4.69. The lowest BCUT2D eigenvalue weighted by atomic mass is 10.1. The summed E-state index contributed by atoms with van der Waals surface area (Å²) in [5, 5.41) is 0. The van der Waals surface area contributed by atoms with Crippen molar-refractivity contribution < 1.29 is 9.47 Å². The third-order valence-corrected chi connectivity index (χ3v) is 1.94. The van der Waals surface area contributed by atoms with E-state index in [1.165, 1.54) is 0 Å². The summed E-state index contributed by atoms with van der Waals surface area (Å²) in [6, 6.07) is 0. The van der Waals surface area contributed by atoms with Gasteiger partial charge in [-0.2, -0.15) is 0 Å². The van der Waals surface area contributed by atoms with Crippen LogP contribution in [0.2, 0.25) is 0 Å². The van der Waals surface area contributed by atoms with Crippen LogP contribution < -0.4 is 0 Å². The van der Waals surface area contributed by atoms with Crippen LogP contribution in [0.1, 0.15) is 54.4 Å². The Morgan fingerprint density at radius 1 is 0.857 bits per heavy atom. The fourth-order valence-electron chi connectivity index (χ4n) is 1.05. The largest absolute Gasteiger partial charge is 0.376 e. The van der Waals surface area contributed by atoms with E-state index in [0.29, 0.717) is 0 Å². The van der Waals surface area contributed by atoms with Gasteiger partial charge in [-0.15, -0.1) is 0 Å². The average Bonchev–Trinajstić information content (AvgIpc) is 1.98. The molecule has 0 atom stereocenters. The van der Waals surface area contributed by atoms with E-state index < -0.39 is 0 Å². The molecule has 0 aliphatic carbocycles. The monoisotopic (exact) mass is 202 g/mol. The Labute approximate surface area is 89.0 Å². The van der Waals surface area contributed by atoms with Gasteiger partial charge in [0.2, 0.25) is 0 Å². The van der Waals surface area contributed by atoms with Crippen molar-refractivity contribution in [1.29, 1.82) is 0 Å². The lowest BCUT2D eigenvalue weighted by Crippen LogP contribution is -2.29. The van der Waals surface area contributed by atoms with Crippen LogP contribution in [0.25, 0.3) is 0 Å². The molecule has 0 aromatic carbocycles. The van der Waals surface area contributed by atoms with E-state index in [4.69, 9.17) is 9.47 Å². The van der Waals surface area contributed by atoms with Gasteiger partial charge in [0.15, 0.2) is 0 Å². The summed E-state index contributed by atoms with van der Waals surface area (Å²) in [6.07, 6.45) is 2.02. The van der Waals surface area contributed by atoms with Crippen LogP contribution in [0.15, 0.2) is 0 Å². The molecule has 0 saturated heterocycles. The summed E-state index contributed by atoms with van der Waals surface area (Å²) in [4.78, 5) is 0. The van der Waals surface area contributed by atoms with Gasteiger partial charge in [-0.05, 0) is 47.5 Å². The van der Waals surface area contributed by atoms with Gasteiger partial charge < -0.3 is 9.47 Å². The molecule has 0 spiro atoms. The van der Waals surface area contributed by atoms with E-state index in [1.807, 2.05) is 0 Å². The van der Waals surface area contributed by atoms with Gasteiger partial charge in [0.05, 0.1) is 11.2 Å². The molecule has 0 rings (SSSR count). The van der Waals surface area contributed by atoms with E-state index in [-0.39, 0.29) is 11.2 Å². The maximum atomic E-state index is 5.71. The summed E-state index contributed by atoms with van der Waals surface area (Å²) >= 11 is 0. The molecule has 0 N–H and O–H groups in total. The summed E-state index contributed by atoms with van der Waals surface area (Å²) < 4.78 is 11.4. The van der Waals surface area contributed by atoms with Gasteiger partial charge in [-0.25, -0.2) is 0 Å². The first-order valence-corrected chi connectivity index (χ1v) is 5.55. The first kappa shape index (κ1) is 13.9. The first-order chi connectivity index (χ1) is 6.27. The van der Waals surface area contributed by atoms with Gasteiger partial charge in [0.25, 0.3) is 0 Å². The highest BCUT2D eigenvalue weighted by atomic mass is 16.5. The molecule has 0 aliphatic heterocycles. The van der Waals surface area contributed by atoms with Crippen molar-refractivity contribution in [3.63, 3.8) is 0 Å². The summed E-state index contributed by atoms with van der Waals surface area (Å²) in [5.41, 5.74) is -0.0951. The molecule has 86 valence electrons. The van der Waals surface area contributed by atoms with Crippen molar-refractivity contribution in [2.24, 2.45) is 0 Å². The molecule has 14 heavy (non-hydrogen) atoms. The molecule has 0 bridgehead atoms. The van der Waals surface area contributed by atoms with E-state index in [2.05, 4.69) is 41.5 Å². The van der Waals surface area contributed by atoms with Crippen molar-refractivity contribution in [2.75, 3.05) is 13.2 Å². The first-order valence-electron chi connectivity index (χ1n) is 5.55. The second-order valence-corrected chi connectivity index (χ2v) is 5.32. The van der Waals surface area contributed by atoms with Crippen LogP contribution in [-0.2, 0) is 9.47 Å². The number of rotatable bonds is 6. The van der Waals surface area contributed by atoms with Crippen molar-refractivity contribution >= 4 is 0 Å². The van der Waals surface area contributed by atoms with Crippen molar-refractivity contribution in [3.05, 3.63) is 0 Å². The third kappa shape index (κ3) is 8.52. The highest BCUT2D eigenvalue weighted by Crippen LogP contribution is 2.17. The molecule has 0 saturated carbocycles. The van der Waals surface area contributed by atoms with Crippen molar-refractivity contribution in [1.82, 2.24) is 0 Å². The minimum Gasteiger partial charge on any atom is -0.376 e. The molecule has 0 unspecified atom stereocenters. The average molecular weight is 202 g/mol. The predicted octanol–water partition coefficient (Wildman–Crippen LogP) is 3.40. The summed E-state index contributed by atoms with van der Waals surface area (Å²) in [6.45, 7) is 14.2. The second-order valence-electron chi connectivity index (χ2n) is 5.32. The van der Waals surface area contributed by atoms with Crippen LogP contribution in [0, 0.1) is 0 Å². The highest BCUT2D eigenvalue weighted by Gasteiger charge is 2.19. The molecule has 0 fully saturated rings. The van der Waals surface area contributed by atoms with Crippen LogP contribution >= 0.6 is 0 Å². The number of ether oxygens (including phenoxy) is 2. The Kier molecular flexibility index (Phi) is 5.68. The molecule has 0 aromatic rings. The Morgan fingerprint density at radius 2 is 1.43 bits per heavy atom. The lowest BCUT2D eigenvalue weighted by molar-refractivity contribution is -0.0662. The molecule has 0 heterocycles. The zero-order valence-corrected chi connectivity index (χ0v) is 10.6. The molecule has 0 aromatic heterocycles. The van der Waals surface area contributed by atoms with Crippen LogP contribution in [0.5, 0.6) is 0 Å². The van der Waals surface area contributed by atoms with Crippen molar-refractivity contribution in [2.45, 2.75) is 65.6 Å². The topological polar surface area (TPSA) is 18.5 Å². The second kappa shape index (κ2) is 5.72. The molecule has 2 nitrogen and oxygen atoms in total. The third-order valence-electron chi connectivity index (χ3n) is 1.94. The SMILES string of the molecule is CCCOC(C)(C)CCOC(C)(C)C. The molecular weight excluding hydrogens is 176 g/mol. The maximum Gasteiger partial charge on any atom is 0.0648 e. The predicted molar refractivity (Wildman–Crippen MR) is 60.6 cm³/mol. The van der Waals surface area contributed by atoms with Crippen LogP contribution in [0.3, 0.4) is 0 Å².